The maximum atomic E-state index is 13.1. The van der Waals surface area contributed by atoms with Gasteiger partial charge in [-0.3, -0.25) is 9.89 Å². The van der Waals surface area contributed by atoms with Gasteiger partial charge < -0.3 is 4.90 Å². The Labute approximate surface area is 156 Å². The lowest BCUT2D eigenvalue weighted by atomic mass is 9.92. The summed E-state index contributed by atoms with van der Waals surface area (Å²) in [4.78, 5) is 19.2. The van der Waals surface area contributed by atoms with Crippen LogP contribution < -0.4 is 0 Å². The van der Waals surface area contributed by atoms with Crippen molar-refractivity contribution in [1.82, 2.24) is 29.7 Å². The normalized spacial score (nSPS) is 17.8. The molecule has 1 saturated heterocycles. The average Bonchev–Trinajstić information content (AvgIpc) is 3.25. The van der Waals surface area contributed by atoms with Crippen LogP contribution in [0.5, 0.6) is 0 Å². The van der Waals surface area contributed by atoms with E-state index >= 15 is 0 Å². The molecule has 26 heavy (non-hydrogen) atoms. The van der Waals surface area contributed by atoms with Crippen molar-refractivity contribution >= 4 is 23.2 Å². The highest BCUT2D eigenvalue weighted by molar-refractivity contribution is 6.36. The largest absolute Gasteiger partial charge is 0.337 e. The summed E-state index contributed by atoms with van der Waals surface area (Å²) in [6, 6.07) is 0. The van der Waals surface area contributed by atoms with Crippen molar-refractivity contribution in [3.63, 3.8) is 0 Å². The zero-order valence-corrected chi connectivity index (χ0v) is 15.6. The highest BCUT2D eigenvalue weighted by Gasteiger charge is 2.30. The number of fused-ring (bicyclic) bond motifs is 1. The van der Waals surface area contributed by atoms with E-state index in [4.69, 9.17) is 11.6 Å². The molecule has 3 aromatic heterocycles. The lowest BCUT2D eigenvalue weighted by Crippen LogP contribution is -2.39. The quantitative estimate of drug-likeness (QED) is 0.766. The Morgan fingerprint density at radius 1 is 1.42 bits per heavy atom. The van der Waals surface area contributed by atoms with Crippen molar-refractivity contribution in [2.75, 3.05) is 13.1 Å². The summed E-state index contributed by atoms with van der Waals surface area (Å²) < 4.78 is 1.58. The first-order chi connectivity index (χ1) is 12.6. The van der Waals surface area contributed by atoms with E-state index < -0.39 is 0 Å². The van der Waals surface area contributed by atoms with Crippen molar-refractivity contribution in [3.8, 4) is 0 Å². The zero-order chi connectivity index (χ0) is 18.3. The van der Waals surface area contributed by atoms with Crippen molar-refractivity contribution in [2.45, 2.75) is 39.0 Å². The SMILES string of the molecule is CCc1cn[nH]c1C1CCCN(C(=O)c2nn3cc(C)cnc3c2Cl)C1. The first-order valence-corrected chi connectivity index (χ1v) is 9.28. The number of carbonyl (C=O) groups excluding carboxylic acids is 1. The number of hydrogen-bond acceptors (Lipinski definition) is 4. The number of amides is 1. The van der Waals surface area contributed by atoms with Crippen molar-refractivity contribution in [2.24, 2.45) is 0 Å². The number of aromatic amines is 1. The second-order valence-electron chi connectivity index (χ2n) is 6.81. The molecule has 4 heterocycles. The first-order valence-electron chi connectivity index (χ1n) is 8.90. The molecular weight excluding hydrogens is 352 g/mol. The zero-order valence-electron chi connectivity index (χ0n) is 14.9. The van der Waals surface area contributed by atoms with E-state index in [1.165, 1.54) is 5.56 Å². The molecule has 0 saturated carbocycles. The molecule has 1 N–H and O–H groups in total. The summed E-state index contributed by atoms with van der Waals surface area (Å²) in [6.45, 7) is 5.40. The lowest BCUT2D eigenvalue weighted by Gasteiger charge is -2.32. The molecule has 0 radical (unpaired) electrons. The second kappa shape index (κ2) is 6.72. The fraction of sp³-hybridized carbons (Fsp3) is 0.444. The number of nitrogens with zero attached hydrogens (tertiary/aromatic N) is 5. The van der Waals surface area contributed by atoms with Gasteiger partial charge in [-0.1, -0.05) is 18.5 Å². The Morgan fingerprint density at radius 2 is 2.27 bits per heavy atom. The minimum Gasteiger partial charge on any atom is -0.337 e. The van der Waals surface area contributed by atoms with E-state index in [1.54, 1.807) is 10.7 Å². The third kappa shape index (κ3) is 2.86. The molecule has 136 valence electrons. The van der Waals surface area contributed by atoms with Crippen LogP contribution in [0.3, 0.4) is 0 Å². The van der Waals surface area contributed by atoms with Gasteiger partial charge in [0.15, 0.2) is 11.3 Å². The monoisotopic (exact) mass is 372 g/mol. The van der Waals surface area contributed by atoms with Crippen molar-refractivity contribution in [3.05, 3.63) is 46.1 Å². The van der Waals surface area contributed by atoms with Gasteiger partial charge in [0, 0.05) is 37.1 Å². The predicted molar refractivity (Wildman–Crippen MR) is 98.6 cm³/mol. The summed E-state index contributed by atoms with van der Waals surface area (Å²) >= 11 is 6.40. The predicted octanol–water partition coefficient (Wildman–Crippen LogP) is 3.00. The average molecular weight is 373 g/mol. The van der Waals surface area contributed by atoms with Gasteiger partial charge in [-0.05, 0) is 37.3 Å². The van der Waals surface area contributed by atoms with Gasteiger partial charge in [-0.15, -0.1) is 0 Å². The van der Waals surface area contributed by atoms with Crippen LogP contribution >= 0.6 is 11.6 Å². The van der Waals surface area contributed by atoms with Gasteiger partial charge in [-0.2, -0.15) is 10.2 Å². The van der Waals surface area contributed by atoms with Crippen molar-refractivity contribution < 1.29 is 4.79 Å². The van der Waals surface area contributed by atoms with E-state index in [2.05, 4.69) is 27.2 Å². The summed E-state index contributed by atoms with van der Waals surface area (Å²) in [5.41, 5.74) is 4.10. The number of carbonyl (C=O) groups is 1. The summed E-state index contributed by atoms with van der Waals surface area (Å²) in [7, 11) is 0. The van der Waals surface area contributed by atoms with Gasteiger partial charge in [0.2, 0.25) is 0 Å². The molecule has 1 fully saturated rings. The molecule has 0 aromatic carbocycles. The Hall–Kier alpha value is -2.41. The van der Waals surface area contributed by atoms with Crippen LogP contribution in [0.1, 0.15) is 53.0 Å². The Balaban J connectivity index is 1.61. The van der Waals surface area contributed by atoms with E-state index in [1.807, 2.05) is 24.2 Å². The number of rotatable bonds is 3. The van der Waals surface area contributed by atoms with Gasteiger partial charge in [0.05, 0.1) is 6.20 Å². The molecule has 4 rings (SSSR count). The Kier molecular flexibility index (Phi) is 4.40. The molecule has 0 aliphatic carbocycles. The highest BCUT2D eigenvalue weighted by atomic mass is 35.5. The van der Waals surface area contributed by atoms with Crippen LogP contribution in [0.4, 0.5) is 0 Å². The molecule has 8 heteroatoms. The van der Waals surface area contributed by atoms with E-state index in [9.17, 15) is 4.79 Å². The number of H-pyrrole nitrogens is 1. The van der Waals surface area contributed by atoms with Crippen LogP contribution in [0, 0.1) is 6.92 Å². The number of hydrogen-bond donors (Lipinski definition) is 1. The molecule has 1 aliphatic heterocycles. The standard InChI is InChI=1S/C18H21ClN6O/c1-3-12-8-21-22-15(12)13-5-4-6-24(10-13)18(26)16-14(19)17-20-7-11(2)9-25(17)23-16/h7-9,13H,3-6,10H2,1-2H3,(H,21,22). The van der Waals surface area contributed by atoms with E-state index in [0.717, 1.165) is 30.5 Å². The fourth-order valence-corrected chi connectivity index (χ4v) is 3.89. The van der Waals surface area contributed by atoms with Crippen LogP contribution in [0.15, 0.2) is 18.6 Å². The number of piperidine rings is 1. The maximum Gasteiger partial charge on any atom is 0.276 e. The van der Waals surface area contributed by atoms with E-state index in [0.29, 0.717) is 23.8 Å². The minimum atomic E-state index is -0.139. The summed E-state index contributed by atoms with van der Waals surface area (Å²) in [5.74, 6) is 0.127. The van der Waals surface area contributed by atoms with Crippen molar-refractivity contribution in [1.29, 1.82) is 0 Å². The fourth-order valence-electron chi connectivity index (χ4n) is 3.64. The third-order valence-electron chi connectivity index (χ3n) is 5.00. The molecule has 1 aliphatic rings. The number of aromatic nitrogens is 5. The number of nitrogens with one attached hydrogen (secondary N) is 1. The smallest absolute Gasteiger partial charge is 0.276 e. The molecule has 0 spiro atoms. The van der Waals surface area contributed by atoms with Gasteiger partial charge >= 0.3 is 0 Å². The van der Waals surface area contributed by atoms with E-state index in [-0.39, 0.29) is 17.5 Å². The molecule has 1 amide bonds. The summed E-state index contributed by atoms with van der Waals surface area (Å²) in [5, 5.41) is 12.0. The Bertz CT molecular complexity index is 962. The maximum absolute atomic E-state index is 13.1. The van der Waals surface area contributed by atoms with Gasteiger partial charge in [-0.25, -0.2) is 9.50 Å². The summed E-state index contributed by atoms with van der Waals surface area (Å²) in [6.07, 6.45) is 8.34. The van der Waals surface area contributed by atoms with Gasteiger partial charge in [0.1, 0.15) is 5.02 Å². The molecule has 7 nitrogen and oxygen atoms in total. The molecule has 3 aromatic rings. The number of halogens is 1. The highest BCUT2D eigenvalue weighted by Crippen LogP contribution is 2.30. The number of likely N-dealkylation sites (tertiary alicyclic amines) is 1. The molecule has 1 atom stereocenters. The van der Waals surface area contributed by atoms with Crippen LogP contribution in [0.2, 0.25) is 5.02 Å². The number of aryl methyl sites for hydroxylation is 2. The third-order valence-corrected chi connectivity index (χ3v) is 5.35. The van der Waals surface area contributed by atoms with Crippen LogP contribution in [-0.4, -0.2) is 48.7 Å². The van der Waals surface area contributed by atoms with Gasteiger partial charge in [0.25, 0.3) is 5.91 Å². The first kappa shape index (κ1) is 17.0. The van der Waals surface area contributed by atoms with Crippen LogP contribution in [-0.2, 0) is 6.42 Å². The molecule has 0 bridgehead atoms. The van der Waals surface area contributed by atoms with Crippen LogP contribution in [0.25, 0.3) is 5.65 Å². The topological polar surface area (TPSA) is 79.2 Å². The molecule has 1 unspecified atom stereocenters. The minimum absolute atomic E-state index is 0.139. The second-order valence-corrected chi connectivity index (χ2v) is 7.19. The Morgan fingerprint density at radius 3 is 3.08 bits per heavy atom. The lowest BCUT2D eigenvalue weighted by molar-refractivity contribution is 0.0699. The molecular formula is C18H21ClN6O.